The van der Waals surface area contributed by atoms with Gasteiger partial charge in [0.2, 0.25) is 5.75 Å². The van der Waals surface area contributed by atoms with Gasteiger partial charge in [-0.2, -0.15) is 0 Å². The number of halogens is 1. The molecule has 3 amide bonds. The van der Waals surface area contributed by atoms with Gasteiger partial charge >= 0.3 is 6.03 Å². The molecule has 0 aromatic heterocycles. The van der Waals surface area contributed by atoms with Gasteiger partial charge in [-0.15, -0.1) is 0 Å². The van der Waals surface area contributed by atoms with Crippen molar-refractivity contribution in [3.63, 3.8) is 0 Å². The van der Waals surface area contributed by atoms with E-state index in [4.69, 9.17) is 18.9 Å². The van der Waals surface area contributed by atoms with E-state index in [1.54, 1.807) is 12.1 Å². The number of ether oxygens (including phenoxy) is 4. The van der Waals surface area contributed by atoms with E-state index in [2.05, 4.69) is 5.32 Å². The molecule has 28 heavy (non-hydrogen) atoms. The highest BCUT2D eigenvalue weighted by Gasteiger charge is 2.41. The van der Waals surface area contributed by atoms with Crippen molar-refractivity contribution in [2.75, 3.05) is 33.3 Å². The zero-order chi connectivity index (χ0) is 20.4. The Labute approximate surface area is 160 Å². The average molecular weight is 390 g/mol. The molecular weight excluding hydrogens is 371 g/mol. The molecule has 1 fully saturated rings. The fraction of sp³-hybridized carbons (Fsp3) is 0.263. The molecule has 3 rings (SSSR count). The lowest BCUT2D eigenvalue weighted by Gasteiger charge is -2.24. The van der Waals surface area contributed by atoms with Crippen LogP contribution < -0.4 is 29.2 Å². The lowest BCUT2D eigenvalue weighted by Crippen LogP contribution is -2.29. The highest BCUT2D eigenvalue weighted by Crippen LogP contribution is 2.42. The number of hydrogen-bond donors (Lipinski definition) is 1. The quantitative estimate of drug-likeness (QED) is 0.764. The largest absolute Gasteiger partial charge is 0.494 e. The first-order valence-electron chi connectivity index (χ1n) is 8.22. The van der Waals surface area contributed by atoms with Gasteiger partial charge in [0.05, 0.1) is 28.4 Å². The Hall–Kier alpha value is -3.49. The predicted molar refractivity (Wildman–Crippen MR) is 97.8 cm³/mol. The van der Waals surface area contributed by atoms with E-state index in [9.17, 15) is 14.0 Å². The third kappa shape index (κ3) is 3.15. The number of nitrogens with zero attached hydrogens (tertiary/aromatic N) is 1. The summed E-state index contributed by atoms with van der Waals surface area (Å²) in [4.78, 5) is 26.1. The van der Waals surface area contributed by atoms with Crippen LogP contribution in [0.25, 0.3) is 0 Å². The fourth-order valence-electron chi connectivity index (χ4n) is 3.10. The molecule has 0 spiro atoms. The number of benzene rings is 2. The van der Waals surface area contributed by atoms with E-state index in [0.29, 0.717) is 22.8 Å². The summed E-state index contributed by atoms with van der Waals surface area (Å²) in [7, 11) is 5.68. The molecule has 8 nitrogen and oxygen atoms in total. The number of carbonyl (C=O) groups excluding carboxylic acids is 2. The number of hydrogen-bond acceptors (Lipinski definition) is 6. The van der Waals surface area contributed by atoms with Gasteiger partial charge in [0.15, 0.2) is 23.1 Å². The van der Waals surface area contributed by atoms with Crippen molar-refractivity contribution >= 4 is 17.6 Å². The molecule has 9 heteroatoms. The molecule has 0 aliphatic carbocycles. The van der Waals surface area contributed by atoms with E-state index < -0.39 is 23.8 Å². The second kappa shape index (κ2) is 7.63. The summed E-state index contributed by atoms with van der Waals surface area (Å²) in [6, 6.07) is 5.41. The second-order valence-corrected chi connectivity index (χ2v) is 5.84. The van der Waals surface area contributed by atoms with Crippen LogP contribution in [0.2, 0.25) is 0 Å². The number of imide groups is 1. The number of carbonyl (C=O) groups is 2. The number of anilines is 1. The Morgan fingerprint density at radius 1 is 0.893 bits per heavy atom. The fourth-order valence-corrected chi connectivity index (χ4v) is 3.10. The number of methoxy groups -OCH3 is 4. The van der Waals surface area contributed by atoms with Gasteiger partial charge < -0.3 is 18.9 Å². The summed E-state index contributed by atoms with van der Waals surface area (Å²) in [6.45, 7) is 0. The summed E-state index contributed by atoms with van der Waals surface area (Å²) in [5.74, 6) is -0.194. The minimum Gasteiger partial charge on any atom is -0.494 e. The van der Waals surface area contributed by atoms with E-state index >= 15 is 0 Å². The number of urea groups is 1. The molecule has 1 heterocycles. The Morgan fingerprint density at radius 2 is 1.50 bits per heavy atom. The maximum absolute atomic E-state index is 14.2. The highest BCUT2D eigenvalue weighted by molar-refractivity contribution is 6.14. The third-order valence-corrected chi connectivity index (χ3v) is 4.37. The van der Waals surface area contributed by atoms with E-state index in [1.165, 1.54) is 40.6 Å². The van der Waals surface area contributed by atoms with Crippen LogP contribution >= 0.6 is 0 Å². The van der Waals surface area contributed by atoms with Crippen molar-refractivity contribution in [3.8, 4) is 23.0 Å². The Bertz CT molecular complexity index is 908. The molecule has 1 aliphatic rings. The topological polar surface area (TPSA) is 86.3 Å². The van der Waals surface area contributed by atoms with Crippen LogP contribution in [0.4, 0.5) is 14.9 Å². The van der Waals surface area contributed by atoms with Gasteiger partial charge in [0.1, 0.15) is 6.04 Å². The number of rotatable bonds is 6. The first kappa shape index (κ1) is 19.3. The summed E-state index contributed by atoms with van der Waals surface area (Å²) in [5, 5.41) is 2.25. The molecule has 1 unspecified atom stereocenters. The predicted octanol–water partition coefficient (Wildman–Crippen LogP) is 2.66. The maximum atomic E-state index is 14.2. The Morgan fingerprint density at radius 3 is 2.00 bits per heavy atom. The van der Waals surface area contributed by atoms with Crippen molar-refractivity contribution in [2.24, 2.45) is 0 Å². The van der Waals surface area contributed by atoms with E-state index in [-0.39, 0.29) is 11.4 Å². The first-order valence-corrected chi connectivity index (χ1v) is 8.22. The van der Waals surface area contributed by atoms with Crippen LogP contribution in [0.15, 0.2) is 30.3 Å². The maximum Gasteiger partial charge on any atom is 0.329 e. The van der Waals surface area contributed by atoms with Gasteiger partial charge in [-0.05, 0) is 29.8 Å². The van der Waals surface area contributed by atoms with Crippen molar-refractivity contribution in [2.45, 2.75) is 6.04 Å². The highest BCUT2D eigenvalue weighted by atomic mass is 19.1. The molecular formula is C19H19FN2O6. The van der Waals surface area contributed by atoms with Gasteiger partial charge in [-0.1, -0.05) is 0 Å². The molecule has 0 saturated carbocycles. The van der Waals surface area contributed by atoms with Gasteiger partial charge in [0, 0.05) is 11.8 Å². The van der Waals surface area contributed by atoms with Crippen LogP contribution in [0, 0.1) is 5.82 Å². The van der Waals surface area contributed by atoms with Crippen molar-refractivity contribution in [1.29, 1.82) is 0 Å². The minimum absolute atomic E-state index is 0.0269. The smallest absolute Gasteiger partial charge is 0.329 e. The zero-order valence-corrected chi connectivity index (χ0v) is 15.7. The van der Waals surface area contributed by atoms with Gasteiger partial charge in [0.25, 0.3) is 5.91 Å². The molecule has 0 bridgehead atoms. The van der Waals surface area contributed by atoms with Crippen LogP contribution in [-0.2, 0) is 4.79 Å². The molecule has 1 N–H and O–H groups in total. The summed E-state index contributed by atoms with van der Waals surface area (Å²) in [6.07, 6.45) is 0. The molecule has 0 radical (unpaired) electrons. The van der Waals surface area contributed by atoms with E-state index in [1.807, 2.05) is 0 Å². The summed E-state index contributed by atoms with van der Waals surface area (Å²) in [5.41, 5.74) is 0.606. The van der Waals surface area contributed by atoms with E-state index in [0.717, 1.165) is 11.0 Å². The zero-order valence-electron chi connectivity index (χ0n) is 15.7. The normalized spacial score (nSPS) is 16.0. The lowest BCUT2D eigenvalue weighted by atomic mass is 10.0. The lowest BCUT2D eigenvalue weighted by molar-refractivity contribution is -0.119. The first-order chi connectivity index (χ1) is 13.4. The van der Waals surface area contributed by atoms with Crippen LogP contribution in [0.3, 0.4) is 0 Å². The van der Waals surface area contributed by atoms with Crippen molar-refractivity contribution in [3.05, 3.63) is 41.7 Å². The Balaban J connectivity index is 2.12. The Kier molecular flexibility index (Phi) is 5.25. The second-order valence-electron chi connectivity index (χ2n) is 5.84. The number of nitrogens with one attached hydrogen (secondary N) is 1. The molecule has 2 aromatic rings. The van der Waals surface area contributed by atoms with Crippen LogP contribution in [-0.4, -0.2) is 40.4 Å². The van der Waals surface area contributed by atoms with Crippen LogP contribution in [0.5, 0.6) is 23.0 Å². The SMILES string of the molecule is COc1ccc(N2C(=O)NC(=O)C2c2cc(OC)c(OC)c(OC)c2)cc1F. The van der Waals surface area contributed by atoms with Crippen molar-refractivity contribution < 1.29 is 32.9 Å². The molecule has 1 aliphatic heterocycles. The standard InChI is InChI=1S/C19H19FN2O6/c1-25-13-6-5-11(9-12(13)20)22-16(18(23)21-19(22)24)10-7-14(26-2)17(28-4)15(8-10)27-3/h5-9,16H,1-4H3,(H,21,23,24). The monoisotopic (exact) mass is 390 g/mol. The molecule has 148 valence electrons. The van der Waals surface area contributed by atoms with Gasteiger partial charge in [-0.3, -0.25) is 15.0 Å². The summed E-state index contributed by atoms with van der Waals surface area (Å²) < 4.78 is 35.0. The summed E-state index contributed by atoms with van der Waals surface area (Å²) >= 11 is 0. The average Bonchev–Trinajstić information content (AvgIpc) is 3.00. The van der Waals surface area contributed by atoms with Crippen molar-refractivity contribution in [1.82, 2.24) is 5.32 Å². The van der Waals surface area contributed by atoms with Gasteiger partial charge in [-0.25, -0.2) is 9.18 Å². The molecule has 1 saturated heterocycles. The third-order valence-electron chi connectivity index (χ3n) is 4.37. The number of amides is 3. The molecule has 2 aromatic carbocycles. The minimum atomic E-state index is -1.05. The van der Waals surface area contributed by atoms with Crippen LogP contribution in [0.1, 0.15) is 11.6 Å². The molecule has 1 atom stereocenters.